The molecule has 148 valence electrons. The summed E-state index contributed by atoms with van der Waals surface area (Å²) in [5.41, 5.74) is 0.311. The van der Waals surface area contributed by atoms with Crippen molar-refractivity contribution in [3.63, 3.8) is 0 Å². The van der Waals surface area contributed by atoms with Crippen molar-refractivity contribution in [3.05, 3.63) is 86.7 Å². The Balaban J connectivity index is 1.69. The van der Waals surface area contributed by atoms with E-state index in [-0.39, 0.29) is 22.0 Å². The number of benzene rings is 2. The molecule has 0 radical (unpaired) electrons. The van der Waals surface area contributed by atoms with Crippen LogP contribution >= 0.6 is 0 Å². The monoisotopic (exact) mass is 416 g/mol. The molecular weight excluding hydrogens is 404 g/mol. The number of hydrogen-bond acceptors (Lipinski definition) is 8. The molecule has 29 heavy (non-hydrogen) atoms. The Morgan fingerprint density at radius 1 is 0.862 bits per heavy atom. The van der Waals surface area contributed by atoms with Crippen LogP contribution in [0.2, 0.25) is 0 Å². The lowest BCUT2D eigenvalue weighted by atomic mass is 10.1. The minimum absolute atomic E-state index is 0.0530. The molecule has 0 fully saturated rings. The van der Waals surface area contributed by atoms with Crippen molar-refractivity contribution in [2.24, 2.45) is 5.10 Å². The summed E-state index contributed by atoms with van der Waals surface area (Å²) in [6, 6.07) is 13.2. The van der Waals surface area contributed by atoms with Crippen LogP contribution in [0, 0.1) is 20.2 Å². The minimum atomic E-state index is -4.01. The van der Waals surface area contributed by atoms with E-state index >= 15 is 0 Å². The third-order valence-corrected chi connectivity index (χ3v) is 4.95. The van der Waals surface area contributed by atoms with E-state index in [0.717, 1.165) is 30.5 Å². The molecule has 1 N–H and O–H groups in total. The fraction of sp³-hybridized carbons (Fsp3) is 0. The van der Waals surface area contributed by atoms with Gasteiger partial charge in [-0.3, -0.25) is 20.2 Å². The molecular formula is C17H12N4O7S. The van der Waals surface area contributed by atoms with Gasteiger partial charge >= 0.3 is 0 Å². The van der Waals surface area contributed by atoms with Crippen LogP contribution in [-0.4, -0.2) is 24.5 Å². The van der Waals surface area contributed by atoms with Gasteiger partial charge in [-0.05, 0) is 36.4 Å². The summed E-state index contributed by atoms with van der Waals surface area (Å²) in [6.45, 7) is 0. The lowest BCUT2D eigenvalue weighted by molar-refractivity contribution is -0.385. The topological polar surface area (TPSA) is 158 Å². The SMILES string of the molecule is O=[N+]([O-])c1ccc(-c2ccc(C=NNS(=O)(=O)c3ccc([N+](=O)[O-])cc3)o2)cc1. The molecule has 0 saturated heterocycles. The van der Waals surface area contributed by atoms with Crippen LogP contribution in [0.15, 0.2) is 75.1 Å². The fourth-order valence-electron chi connectivity index (χ4n) is 2.28. The maximum atomic E-state index is 12.1. The number of nitro benzene ring substituents is 2. The first-order chi connectivity index (χ1) is 13.8. The Bertz CT molecular complexity index is 1180. The van der Waals surface area contributed by atoms with Crippen molar-refractivity contribution in [1.29, 1.82) is 0 Å². The number of nitrogens with zero attached hydrogens (tertiary/aromatic N) is 3. The van der Waals surface area contributed by atoms with Crippen LogP contribution in [0.1, 0.15) is 5.76 Å². The molecule has 12 heteroatoms. The summed E-state index contributed by atoms with van der Waals surface area (Å²) in [6.07, 6.45) is 1.14. The van der Waals surface area contributed by atoms with E-state index in [0.29, 0.717) is 11.3 Å². The minimum Gasteiger partial charge on any atom is -0.455 e. The van der Waals surface area contributed by atoms with Crippen LogP contribution in [0.25, 0.3) is 11.3 Å². The Morgan fingerprint density at radius 2 is 1.41 bits per heavy atom. The number of non-ortho nitro benzene ring substituents is 2. The van der Waals surface area contributed by atoms with Gasteiger partial charge in [0.2, 0.25) is 0 Å². The second kappa shape index (κ2) is 7.90. The Hall–Kier alpha value is -4.06. The van der Waals surface area contributed by atoms with E-state index in [1.165, 1.54) is 24.3 Å². The van der Waals surface area contributed by atoms with Gasteiger partial charge in [0.1, 0.15) is 11.5 Å². The molecule has 0 aliphatic heterocycles. The fourth-order valence-corrected chi connectivity index (χ4v) is 3.08. The van der Waals surface area contributed by atoms with Crippen molar-refractivity contribution in [1.82, 2.24) is 4.83 Å². The molecule has 1 heterocycles. The average Bonchev–Trinajstić information content (AvgIpc) is 3.17. The van der Waals surface area contributed by atoms with Crippen LogP contribution in [-0.2, 0) is 10.0 Å². The number of nitro groups is 2. The molecule has 0 unspecified atom stereocenters. The van der Waals surface area contributed by atoms with Gasteiger partial charge in [-0.2, -0.15) is 18.4 Å². The Morgan fingerprint density at radius 3 is 1.97 bits per heavy atom. The van der Waals surface area contributed by atoms with Crippen molar-refractivity contribution < 1.29 is 22.7 Å². The highest BCUT2D eigenvalue weighted by Crippen LogP contribution is 2.24. The summed E-state index contributed by atoms with van der Waals surface area (Å²) < 4.78 is 29.8. The van der Waals surface area contributed by atoms with Gasteiger partial charge in [0.25, 0.3) is 21.4 Å². The lowest BCUT2D eigenvalue weighted by Gasteiger charge is -2.02. The highest BCUT2D eigenvalue weighted by Gasteiger charge is 2.15. The number of rotatable bonds is 7. The summed E-state index contributed by atoms with van der Waals surface area (Å²) in [5, 5.41) is 24.9. The lowest BCUT2D eigenvalue weighted by Crippen LogP contribution is -2.18. The smallest absolute Gasteiger partial charge is 0.276 e. The highest BCUT2D eigenvalue weighted by molar-refractivity contribution is 7.89. The number of furan rings is 1. The van der Waals surface area contributed by atoms with Crippen molar-refractivity contribution in [3.8, 4) is 11.3 Å². The third-order valence-electron chi connectivity index (χ3n) is 3.71. The first-order valence-electron chi connectivity index (χ1n) is 7.90. The van der Waals surface area contributed by atoms with E-state index in [1.54, 1.807) is 12.1 Å². The summed E-state index contributed by atoms with van der Waals surface area (Å²) >= 11 is 0. The van der Waals surface area contributed by atoms with Gasteiger partial charge in [0.15, 0.2) is 0 Å². The van der Waals surface area contributed by atoms with Gasteiger partial charge < -0.3 is 4.42 Å². The molecule has 0 atom stereocenters. The van der Waals surface area contributed by atoms with Crippen LogP contribution in [0.5, 0.6) is 0 Å². The van der Waals surface area contributed by atoms with Gasteiger partial charge in [0, 0.05) is 29.8 Å². The van der Waals surface area contributed by atoms with Crippen LogP contribution in [0.3, 0.4) is 0 Å². The van der Waals surface area contributed by atoms with E-state index in [9.17, 15) is 28.6 Å². The average molecular weight is 416 g/mol. The molecule has 1 aromatic heterocycles. The van der Waals surface area contributed by atoms with Crippen molar-refractivity contribution in [2.45, 2.75) is 4.90 Å². The summed E-state index contributed by atoms with van der Waals surface area (Å²) in [5.74, 6) is 0.657. The highest BCUT2D eigenvalue weighted by atomic mass is 32.2. The predicted octanol–water partition coefficient (Wildman–Crippen LogP) is 3.08. The zero-order valence-electron chi connectivity index (χ0n) is 14.5. The standard InChI is InChI=1S/C17H12N4O7S/c22-20(23)13-3-1-12(2-4-13)17-10-7-15(28-17)11-18-19-29(26,27)16-8-5-14(6-9-16)21(24)25/h1-11,19H. The number of hydrogen-bond donors (Lipinski definition) is 1. The molecule has 0 aliphatic rings. The molecule has 0 bridgehead atoms. The number of nitrogens with one attached hydrogen (secondary N) is 1. The van der Waals surface area contributed by atoms with E-state index < -0.39 is 19.9 Å². The van der Waals surface area contributed by atoms with Crippen molar-refractivity contribution >= 4 is 27.6 Å². The number of sulfonamides is 1. The first kappa shape index (κ1) is 19.7. The van der Waals surface area contributed by atoms with Crippen LogP contribution < -0.4 is 4.83 Å². The third kappa shape index (κ3) is 4.62. The van der Waals surface area contributed by atoms with Gasteiger partial charge in [-0.1, -0.05) is 0 Å². The maximum absolute atomic E-state index is 12.1. The van der Waals surface area contributed by atoms with E-state index in [4.69, 9.17) is 4.42 Å². The van der Waals surface area contributed by atoms with Gasteiger partial charge in [-0.25, -0.2) is 0 Å². The maximum Gasteiger partial charge on any atom is 0.276 e. The quantitative estimate of drug-likeness (QED) is 0.352. The molecule has 3 rings (SSSR count). The van der Waals surface area contributed by atoms with E-state index in [1.807, 2.05) is 4.83 Å². The zero-order valence-corrected chi connectivity index (χ0v) is 15.3. The molecule has 0 amide bonds. The second-order valence-corrected chi connectivity index (χ2v) is 7.27. The normalized spacial score (nSPS) is 11.4. The Labute approximate surface area is 163 Å². The molecule has 2 aromatic carbocycles. The second-order valence-electron chi connectivity index (χ2n) is 5.61. The predicted molar refractivity (Wildman–Crippen MR) is 102 cm³/mol. The Kier molecular flexibility index (Phi) is 5.36. The number of hydrazone groups is 1. The van der Waals surface area contributed by atoms with Crippen LogP contribution in [0.4, 0.5) is 11.4 Å². The van der Waals surface area contributed by atoms with E-state index in [2.05, 4.69) is 5.10 Å². The van der Waals surface area contributed by atoms with Crippen molar-refractivity contribution in [2.75, 3.05) is 0 Å². The zero-order chi connectivity index (χ0) is 21.0. The molecule has 0 spiro atoms. The molecule has 0 saturated carbocycles. The molecule has 0 aliphatic carbocycles. The largest absolute Gasteiger partial charge is 0.455 e. The van der Waals surface area contributed by atoms with Gasteiger partial charge in [0.05, 0.1) is 21.0 Å². The molecule has 11 nitrogen and oxygen atoms in total. The molecule has 3 aromatic rings. The summed E-state index contributed by atoms with van der Waals surface area (Å²) in [4.78, 5) is 21.9. The summed E-state index contributed by atoms with van der Waals surface area (Å²) in [7, 11) is -4.01. The van der Waals surface area contributed by atoms with Gasteiger partial charge in [-0.15, -0.1) is 0 Å². The first-order valence-corrected chi connectivity index (χ1v) is 9.38.